The maximum absolute atomic E-state index is 12.4. The number of carboxylic acid groups (broad SMARTS) is 1. The monoisotopic (exact) mass is 271 g/mol. The van der Waals surface area contributed by atoms with Crippen LogP contribution in [0.5, 0.6) is 0 Å². The van der Waals surface area contributed by atoms with Crippen LogP contribution in [0, 0.1) is 0 Å². The Labute approximate surface area is 112 Å². The highest BCUT2D eigenvalue weighted by Gasteiger charge is 2.40. The van der Waals surface area contributed by atoms with Crippen molar-refractivity contribution >= 4 is 17.8 Å². The van der Waals surface area contributed by atoms with E-state index in [2.05, 4.69) is 10.6 Å². The van der Waals surface area contributed by atoms with Gasteiger partial charge in [-0.2, -0.15) is 0 Å². The van der Waals surface area contributed by atoms with Gasteiger partial charge in [-0.05, 0) is 20.4 Å². The zero-order chi connectivity index (χ0) is 14.6. The zero-order valence-electron chi connectivity index (χ0n) is 11.5. The number of carboxylic acids is 1. The number of carbonyl (C=O) groups is 3. The topological polar surface area (TPSA) is 98.7 Å². The first-order valence-corrected chi connectivity index (χ1v) is 6.35. The fraction of sp³-hybridized carbons (Fsp3) is 0.750. The molecule has 0 spiro atoms. The van der Waals surface area contributed by atoms with Crippen LogP contribution in [0.25, 0.3) is 0 Å². The molecule has 0 aromatic carbocycles. The molecule has 2 amide bonds. The molecule has 1 aliphatic heterocycles. The molecule has 1 saturated heterocycles. The van der Waals surface area contributed by atoms with Gasteiger partial charge < -0.3 is 20.6 Å². The second-order valence-electron chi connectivity index (χ2n) is 5.06. The molecular weight excluding hydrogens is 250 g/mol. The Morgan fingerprint density at radius 3 is 2.68 bits per heavy atom. The molecule has 0 radical (unpaired) electrons. The maximum Gasteiger partial charge on any atom is 0.305 e. The molecule has 108 valence electrons. The first-order chi connectivity index (χ1) is 8.79. The van der Waals surface area contributed by atoms with Crippen LogP contribution < -0.4 is 10.6 Å². The normalized spacial score (nSPS) is 20.1. The number of hydrogen-bond acceptors (Lipinski definition) is 4. The SMILES string of the molecule is CCNC(C)(C)C(=O)N1CCNC(=O)C1CC(=O)O. The Hall–Kier alpha value is -1.63. The summed E-state index contributed by atoms with van der Waals surface area (Å²) in [7, 11) is 0. The van der Waals surface area contributed by atoms with Crippen LogP contribution in [0.4, 0.5) is 0 Å². The molecule has 1 unspecified atom stereocenters. The first-order valence-electron chi connectivity index (χ1n) is 6.35. The van der Waals surface area contributed by atoms with Crippen LogP contribution in [-0.2, 0) is 14.4 Å². The summed E-state index contributed by atoms with van der Waals surface area (Å²) in [4.78, 5) is 36.4. The molecule has 0 aliphatic carbocycles. The quantitative estimate of drug-likeness (QED) is 0.606. The molecule has 7 heteroatoms. The second kappa shape index (κ2) is 6.01. The Kier molecular flexibility index (Phi) is 4.88. The Balaban J connectivity index is 2.90. The molecule has 0 bridgehead atoms. The van der Waals surface area contributed by atoms with Crippen LogP contribution in [0.1, 0.15) is 27.2 Å². The van der Waals surface area contributed by atoms with Crippen molar-refractivity contribution in [2.75, 3.05) is 19.6 Å². The van der Waals surface area contributed by atoms with Crippen molar-refractivity contribution in [1.29, 1.82) is 0 Å². The van der Waals surface area contributed by atoms with Gasteiger partial charge in [0, 0.05) is 13.1 Å². The number of carbonyl (C=O) groups excluding carboxylic acids is 2. The average molecular weight is 271 g/mol. The number of likely N-dealkylation sites (N-methyl/N-ethyl adjacent to an activating group) is 1. The van der Waals surface area contributed by atoms with E-state index in [-0.39, 0.29) is 12.3 Å². The highest BCUT2D eigenvalue weighted by molar-refractivity contribution is 5.94. The summed E-state index contributed by atoms with van der Waals surface area (Å²) >= 11 is 0. The molecule has 1 atom stereocenters. The van der Waals surface area contributed by atoms with Crippen molar-refractivity contribution in [1.82, 2.24) is 15.5 Å². The van der Waals surface area contributed by atoms with E-state index in [0.29, 0.717) is 19.6 Å². The summed E-state index contributed by atoms with van der Waals surface area (Å²) in [5, 5.41) is 14.5. The largest absolute Gasteiger partial charge is 0.481 e. The zero-order valence-corrected chi connectivity index (χ0v) is 11.5. The molecular formula is C12H21N3O4. The fourth-order valence-corrected chi connectivity index (χ4v) is 2.20. The van der Waals surface area contributed by atoms with Crippen molar-refractivity contribution in [3.8, 4) is 0 Å². The van der Waals surface area contributed by atoms with Crippen molar-refractivity contribution in [3.63, 3.8) is 0 Å². The summed E-state index contributed by atoms with van der Waals surface area (Å²) in [5.41, 5.74) is -0.816. The van der Waals surface area contributed by atoms with E-state index in [0.717, 1.165) is 0 Å². The van der Waals surface area contributed by atoms with Crippen molar-refractivity contribution in [3.05, 3.63) is 0 Å². The smallest absolute Gasteiger partial charge is 0.305 e. The van der Waals surface area contributed by atoms with Gasteiger partial charge in [-0.15, -0.1) is 0 Å². The van der Waals surface area contributed by atoms with E-state index in [4.69, 9.17) is 5.11 Å². The predicted octanol–water partition coefficient (Wildman–Crippen LogP) is -0.824. The number of rotatable bonds is 5. The van der Waals surface area contributed by atoms with Gasteiger partial charge in [-0.3, -0.25) is 14.4 Å². The van der Waals surface area contributed by atoms with E-state index in [1.165, 1.54) is 4.90 Å². The van der Waals surface area contributed by atoms with Gasteiger partial charge in [0.15, 0.2) is 0 Å². The van der Waals surface area contributed by atoms with Gasteiger partial charge in [0.05, 0.1) is 12.0 Å². The molecule has 1 aliphatic rings. The number of amides is 2. The van der Waals surface area contributed by atoms with E-state index in [1.807, 2.05) is 6.92 Å². The summed E-state index contributed by atoms with van der Waals surface area (Å²) in [6, 6.07) is -0.934. The third-order valence-electron chi connectivity index (χ3n) is 3.11. The first kappa shape index (κ1) is 15.4. The predicted molar refractivity (Wildman–Crippen MR) is 68.5 cm³/mol. The lowest BCUT2D eigenvalue weighted by atomic mass is 9.99. The number of nitrogens with zero attached hydrogens (tertiary/aromatic N) is 1. The third-order valence-corrected chi connectivity index (χ3v) is 3.11. The van der Waals surface area contributed by atoms with Gasteiger partial charge in [-0.25, -0.2) is 0 Å². The van der Waals surface area contributed by atoms with Gasteiger partial charge in [-0.1, -0.05) is 6.92 Å². The molecule has 0 aromatic heterocycles. The maximum atomic E-state index is 12.4. The number of hydrogen-bond donors (Lipinski definition) is 3. The number of piperazine rings is 1. The van der Waals surface area contributed by atoms with Crippen LogP contribution >= 0.6 is 0 Å². The molecule has 0 aromatic rings. The third kappa shape index (κ3) is 3.66. The van der Waals surface area contributed by atoms with Gasteiger partial charge >= 0.3 is 5.97 Å². The van der Waals surface area contributed by atoms with Crippen molar-refractivity contribution in [2.45, 2.75) is 38.8 Å². The summed E-state index contributed by atoms with van der Waals surface area (Å²) < 4.78 is 0. The molecule has 7 nitrogen and oxygen atoms in total. The molecule has 1 fully saturated rings. The minimum Gasteiger partial charge on any atom is -0.481 e. The molecule has 1 heterocycles. The van der Waals surface area contributed by atoms with Crippen LogP contribution in [-0.4, -0.2) is 59.0 Å². The Morgan fingerprint density at radius 2 is 2.16 bits per heavy atom. The number of aliphatic carboxylic acids is 1. The fourth-order valence-electron chi connectivity index (χ4n) is 2.20. The highest BCUT2D eigenvalue weighted by atomic mass is 16.4. The molecule has 19 heavy (non-hydrogen) atoms. The van der Waals surface area contributed by atoms with Crippen molar-refractivity contribution < 1.29 is 19.5 Å². The lowest BCUT2D eigenvalue weighted by Crippen LogP contribution is -2.64. The summed E-state index contributed by atoms with van der Waals surface area (Å²) in [5.74, 6) is -1.76. The lowest BCUT2D eigenvalue weighted by Gasteiger charge is -2.39. The average Bonchev–Trinajstić information content (AvgIpc) is 2.30. The minimum atomic E-state index is -1.10. The second-order valence-corrected chi connectivity index (χ2v) is 5.06. The summed E-state index contributed by atoms with van der Waals surface area (Å²) in [6.45, 7) is 6.63. The Bertz CT molecular complexity index is 381. The lowest BCUT2D eigenvalue weighted by molar-refractivity contribution is -0.151. The minimum absolute atomic E-state index is 0.254. The van der Waals surface area contributed by atoms with E-state index < -0.39 is 23.5 Å². The molecule has 0 saturated carbocycles. The van der Waals surface area contributed by atoms with E-state index >= 15 is 0 Å². The highest BCUT2D eigenvalue weighted by Crippen LogP contribution is 2.15. The summed E-state index contributed by atoms with van der Waals surface area (Å²) in [6.07, 6.45) is -0.375. The van der Waals surface area contributed by atoms with E-state index in [9.17, 15) is 14.4 Å². The Morgan fingerprint density at radius 1 is 1.53 bits per heavy atom. The van der Waals surface area contributed by atoms with Gasteiger partial charge in [0.2, 0.25) is 11.8 Å². The standard InChI is InChI=1S/C12H21N3O4/c1-4-14-12(2,3)11(19)15-6-5-13-10(18)8(15)7-9(16)17/h8,14H,4-7H2,1-3H3,(H,13,18)(H,16,17). The van der Waals surface area contributed by atoms with E-state index in [1.54, 1.807) is 13.8 Å². The van der Waals surface area contributed by atoms with Gasteiger partial charge in [0.1, 0.15) is 6.04 Å². The van der Waals surface area contributed by atoms with Crippen molar-refractivity contribution in [2.24, 2.45) is 0 Å². The van der Waals surface area contributed by atoms with Gasteiger partial charge in [0.25, 0.3) is 0 Å². The molecule has 1 rings (SSSR count). The van der Waals surface area contributed by atoms with Crippen LogP contribution in [0.2, 0.25) is 0 Å². The van der Waals surface area contributed by atoms with Crippen LogP contribution in [0.3, 0.4) is 0 Å². The van der Waals surface area contributed by atoms with Crippen LogP contribution in [0.15, 0.2) is 0 Å². The molecule has 3 N–H and O–H groups in total. The number of nitrogens with one attached hydrogen (secondary N) is 2.